The first-order chi connectivity index (χ1) is 9.40. The van der Waals surface area contributed by atoms with Gasteiger partial charge in [-0.3, -0.25) is 9.48 Å². The minimum absolute atomic E-state index is 0.133. The van der Waals surface area contributed by atoms with E-state index in [0.29, 0.717) is 17.1 Å². The van der Waals surface area contributed by atoms with Crippen molar-refractivity contribution in [3.8, 4) is 0 Å². The van der Waals surface area contributed by atoms with Gasteiger partial charge in [0.25, 0.3) is 5.91 Å². The predicted molar refractivity (Wildman–Crippen MR) is 88.0 cm³/mol. The lowest BCUT2D eigenvalue weighted by molar-refractivity contribution is 0.0951. The molecule has 1 aromatic heterocycles. The molecule has 0 radical (unpaired) electrons. The van der Waals surface area contributed by atoms with Crippen molar-refractivity contribution in [2.45, 2.75) is 20.4 Å². The van der Waals surface area contributed by atoms with Crippen LogP contribution in [-0.4, -0.2) is 15.7 Å². The molecule has 2 aromatic rings. The van der Waals surface area contributed by atoms with Crippen LogP contribution in [0.2, 0.25) is 5.02 Å². The van der Waals surface area contributed by atoms with Gasteiger partial charge in [-0.05, 0) is 54.6 Å². The zero-order valence-electron chi connectivity index (χ0n) is 11.5. The largest absolute Gasteiger partial charge is 0.348 e. The molecule has 4 nitrogen and oxygen atoms in total. The molecule has 20 heavy (non-hydrogen) atoms. The lowest BCUT2D eigenvalue weighted by Gasteiger charge is -2.07. The van der Waals surface area contributed by atoms with Crippen molar-refractivity contribution >= 4 is 40.1 Å². The second-order valence-corrected chi connectivity index (χ2v) is 6.15. The van der Waals surface area contributed by atoms with Crippen molar-refractivity contribution in [2.75, 3.05) is 0 Å². The van der Waals surface area contributed by atoms with E-state index in [1.807, 2.05) is 31.6 Å². The highest BCUT2D eigenvalue weighted by Gasteiger charge is 2.12. The molecule has 1 heterocycles. The van der Waals surface area contributed by atoms with E-state index in [9.17, 15) is 4.79 Å². The highest BCUT2D eigenvalue weighted by atomic mass is 127. The molecule has 0 bridgehead atoms. The first kappa shape index (κ1) is 15.3. The molecule has 0 spiro atoms. The standard InChI is InChI=1S/C14H15ClIN3O/c1-8-11(9(2)19(3)18-8)7-17-14(20)10-4-5-13(16)12(15)6-10/h4-6H,7H2,1-3H3,(H,17,20). The molecule has 1 amide bonds. The Morgan fingerprint density at radius 3 is 2.70 bits per heavy atom. The summed E-state index contributed by atoms with van der Waals surface area (Å²) in [6, 6.07) is 5.28. The third-order valence-electron chi connectivity index (χ3n) is 3.27. The first-order valence-corrected chi connectivity index (χ1v) is 7.58. The molecule has 0 saturated carbocycles. The molecule has 106 valence electrons. The number of hydrogen-bond donors (Lipinski definition) is 1. The van der Waals surface area contributed by atoms with Crippen molar-refractivity contribution in [1.29, 1.82) is 0 Å². The Morgan fingerprint density at radius 2 is 2.15 bits per heavy atom. The Kier molecular flexibility index (Phi) is 4.70. The fraction of sp³-hybridized carbons (Fsp3) is 0.286. The van der Waals surface area contributed by atoms with E-state index in [0.717, 1.165) is 20.5 Å². The number of carbonyl (C=O) groups is 1. The fourth-order valence-corrected chi connectivity index (χ4v) is 2.50. The maximum absolute atomic E-state index is 12.1. The smallest absolute Gasteiger partial charge is 0.251 e. The third kappa shape index (κ3) is 3.15. The monoisotopic (exact) mass is 403 g/mol. The van der Waals surface area contributed by atoms with Gasteiger partial charge in [0.15, 0.2) is 0 Å². The van der Waals surface area contributed by atoms with Crippen molar-refractivity contribution in [2.24, 2.45) is 7.05 Å². The molecule has 0 saturated heterocycles. The maximum atomic E-state index is 12.1. The van der Waals surface area contributed by atoms with E-state index in [2.05, 4.69) is 33.0 Å². The van der Waals surface area contributed by atoms with Crippen LogP contribution >= 0.6 is 34.2 Å². The van der Waals surface area contributed by atoms with Crippen LogP contribution < -0.4 is 5.32 Å². The average molecular weight is 404 g/mol. The number of halogens is 2. The molecular formula is C14H15ClIN3O. The zero-order chi connectivity index (χ0) is 14.9. The molecule has 0 atom stereocenters. The Hall–Kier alpha value is -1.08. The lowest BCUT2D eigenvalue weighted by atomic mass is 10.1. The number of rotatable bonds is 3. The molecule has 0 fully saturated rings. The Bertz CT molecular complexity index is 667. The van der Waals surface area contributed by atoms with Crippen molar-refractivity contribution in [1.82, 2.24) is 15.1 Å². The number of hydrogen-bond acceptors (Lipinski definition) is 2. The van der Waals surface area contributed by atoms with E-state index in [1.54, 1.807) is 12.1 Å². The topological polar surface area (TPSA) is 46.9 Å². The summed E-state index contributed by atoms with van der Waals surface area (Å²) in [4.78, 5) is 12.1. The average Bonchev–Trinajstić information content (AvgIpc) is 2.64. The maximum Gasteiger partial charge on any atom is 0.251 e. The van der Waals surface area contributed by atoms with Gasteiger partial charge >= 0.3 is 0 Å². The van der Waals surface area contributed by atoms with E-state index >= 15 is 0 Å². The fourth-order valence-electron chi connectivity index (χ4n) is 1.98. The normalized spacial score (nSPS) is 10.7. The number of nitrogens with one attached hydrogen (secondary N) is 1. The van der Waals surface area contributed by atoms with Gasteiger partial charge < -0.3 is 5.32 Å². The molecular weight excluding hydrogens is 389 g/mol. The van der Waals surface area contributed by atoms with Crippen molar-refractivity contribution in [3.05, 3.63) is 49.3 Å². The number of amides is 1. The number of aryl methyl sites for hydroxylation is 2. The van der Waals surface area contributed by atoms with Gasteiger partial charge in [0.1, 0.15) is 0 Å². The van der Waals surface area contributed by atoms with Crippen LogP contribution in [0.3, 0.4) is 0 Å². The van der Waals surface area contributed by atoms with Crippen LogP contribution in [0.15, 0.2) is 18.2 Å². The molecule has 1 N–H and O–H groups in total. The van der Waals surface area contributed by atoms with Gasteiger partial charge in [0.05, 0.1) is 10.7 Å². The molecule has 0 aliphatic rings. The summed E-state index contributed by atoms with van der Waals surface area (Å²) < 4.78 is 2.75. The molecule has 2 rings (SSSR count). The molecule has 6 heteroatoms. The van der Waals surface area contributed by atoms with E-state index < -0.39 is 0 Å². The predicted octanol–water partition coefficient (Wildman–Crippen LogP) is 3.22. The minimum Gasteiger partial charge on any atom is -0.348 e. The van der Waals surface area contributed by atoms with Crippen LogP contribution in [0.4, 0.5) is 0 Å². The van der Waals surface area contributed by atoms with Gasteiger partial charge in [-0.1, -0.05) is 11.6 Å². The van der Waals surface area contributed by atoms with E-state index in [-0.39, 0.29) is 5.91 Å². The summed E-state index contributed by atoms with van der Waals surface area (Å²) in [6.07, 6.45) is 0. The van der Waals surface area contributed by atoms with Gasteiger partial charge in [-0.25, -0.2) is 0 Å². The summed E-state index contributed by atoms with van der Waals surface area (Å²) in [5.74, 6) is -0.133. The zero-order valence-corrected chi connectivity index (χ0v) is 14.4. The second-order valence-electron chi connectivity index (χ2n) is 4.58. The van der Waals surface area contributed by atoms with Gasteiger partial charge in [0.2, 0.25) is 0 Å². The molecule has 0 aliphatic heterocycles. The summed E-state index contributed by atoms with van der Waals surface area (Å²) in [6.45, 7) is 4.40. The quantitative estimate of drug-likeness (QED) is 0.800. The molecule has 1 aromatic carbocycles. The summed E-state index contributed by atoms with van der Waals surface area (Å²) in [7, 11) is 1.90. The molecule has 0 unspecified atom stereocenters. The second kappa shape index (κ2) is 6.13. The van der Waals surface area contributed by atoms with Crippen molar-refractivity contribution < 1.29 is 4.79 Å². The van der Waals surface area contributed by atoms with Gasteiger partial charge in [-0.2, -0.15) is 5.10 Å². The minimum atomic E-state index is -0.133. The Labute approximate surface area is 136 Å². The van der Waals surface area contributed by atoms with Crippen LogP contribution in [0, 0.1) is 17.4 Å². The number of nitrogens with zero attached hydrogens (tertiary/aromatic N) is 2. The SMILES string of the molecule is Cc1nn(C)c(C)c1CNC(=O)c1ccc(I)c(Cl)c1. The van der Waals surface area contributed by atoms with Gasteiger partial charge in [-0.15, -0.1) is 0 Å². The van der Waals surface area contributed by atoms with Gasteiger partial charge in [0, 0.05) is 34.0 Å². The van der Waals surface area contributed by atoms with Crippen LogP contribution in [0.5, 0.6) is 0 Å². The summed E-state index contributed by atoms with van der Waals surface area (Å²) >= 11 is 8.16. The Balaban J connectivity index is 2.10. The van der Waals surface area contributed by atoms with Crippen LogP contribution in [-0.2, 0) is 13.6 Å². The van der Waals surface area contributed by atoms with Crippen molar-refractivity contribution in [3.63, 3.8) is 0 Å². The third-order valence-corrected chi connectivity index (χ3v) is 4.84. The lowest BCUT2D eigenvalue weighted by Crippen LogP contribution is -2.23. The van der Waals surface area contributed by atoms with E-state index in [1.165, 1.54) is 0 Å². The number of carbonyl (C=O) groups excluding carboxylic acids is 1. The van der Waals surface area contributed by atoms with Crippen LogP contribution in [0.25, 0.3) is 0 Å². The van der Waals surface area contributed by atoms with Crippen LogP contribution in [0.1, 0.15) is 27.3 Å². The highest BCUT2D eigenvalue weighted by molar-refractivity contribution is 14.1. The Morgan fingerprint density at radius 1 is 1.45 bits per heavy atom. The summed E-state index contributed by atoms with van der Waals surface area (Å²) in [5.41, 5.74) is 3.61. The number of aromatic nitrogens is 2. The highest BCUT2D eigenvalue weighted by Crippen LogP contribution is 2.19. The first-order valence-electron chi connectivity index (χ1n) is 6.12. The number of benzene rings is 1. The van der Waals surface area contributed by atoms with E-state index in [4.69, 9.17) is 11.6 Å². The molecule has 0 aliphatic carbocycles. The summed E-state index contributed by atoms with van der Waals surface area (Å²) in [5, 5.41) is 7.82.